The van der Waals surface area contributed by atoms with Gasteiger partial charge in [-0.15, -0.1) is 0 Å². The summed E-state index contributed by atoms with van der Waals surface area (Å²) in [5, 5.41) is 0.833. The van der Waals surface area contributed by atoms with Crippen LogP contribution in [0.4, 0.5) is 5.13 Å². The molecule has 4 N–H and O–H groups in total. The van der Waals surface area contributed by atoms with Crippen molar-refractivity contribution in [3.63, 3.8) is 0 Å². The summed E-state index contributed by atoms with van der Waals surface area (Å²) < 4.78 is 6.53. The second-order valence-corrected chi connectivity index (χ2v) is 7.03. The van der Waals surface area contributed by atoms with Gasteiger partial charge in [-0.3, -0.25) is 9.80 Å². The van der Waals surface area contributed by atoms with E-state index in [1.807, 2.05) is 29.2 Å². The largest absolute Gasteiger partial charge is 0.385 e. The Morgan fingerprint density at radius 3 is 2.79 bits per heavy atom. The molecule has 1 unspecified atom stereocenters. The molecule has 126 valence electrons. The van der Waals surface area contributed by atoms with E-state index in [2.05, 4.69) is 22.0 Å². The molecule has 2 aromatic rings. The lowest BCUT2D eigenvalue weighted by molar-refractivity contribution is 0.0425. The van der Waals surface area contributed by atoms with E-state index < -0.39 is 0 Å². The minimum absolute atomic E-state index is 0.299. The maximum absolute atomic E-state index is 6.37. The van der Waals surface area contributed by atoms with Gasteiger partial charge in [-0.25, -0.2) is 4.98 Å². The lowest BCUT2D eigenvalue weighted by Crippen LogP contribution is -2.46. The molecule has 1 atom stereocenters. The summed E-state index contributed by atoms with van der Waals surface area (Å²) in [6, 6.07) is 8.07. The fourth-order valence-electron chi connectivity index (χ4n) is 3.09. The van der Waals surface area contributed by atoms with Crippen LogP contribution < -0.4 is 16.4 Å². The molecule has 2 aliphatic heterocycles. The Hall–Kier alpha value is -1.93. The van der Waals surface area contributed by atoms with Crippen molar-refractivity contribution in [1.82, 2.24) is 9.88 Å². The molecule has 3 heterocycles. The molecule has 6 nitrogen and oxygen atoms in total. The van der Waals surface area contributed by atoms with Crippen LogP contribution in [0.1, 0.15) is 0 Å². The molecular weight excluding hydrogens is 322 g/mol. The Labute approximate surface area is 145 Å². The molecule has 0 aliphatic carbocycles. The molecule has 0 bridgehead atoms. The smallest absolute Gasteiger partial charge is 0.193 e. The molecule has 0 saturated carbocycles. The van der Waals surface area contributed by atoms with E-state index in [9.17, 15) is 0 Å². The second-order valence-electron chi connectivity index (χ2n) is 6.02. The number of benzene rings is 1. The van der Waals surface area contributed by atoms with Crippen molar-refractivity contribution in [1.29, 1.82) is 0 Å². The van der Waals surface area contributed by atoms with Gasteiger partial charge in [-0.2, -0.15) is 0 Å². The van der Waals surface area contributed by atoms with Crippen LogP contribution in [0, 0.1) is 0 Å². The number of hydrogen-bond donors (Lipinski definition) is 2. The summed E-state index contributed by atoms with van der Waals surface area (Å²) in [6.07, 6.45) is 3.77. The van der Waals surface area contributed by atoms with Crippen molar-refractivity contribution in [2.75, 3.05) is 37.7 Å². The zero-order chi connectivity index (χ0) is 16.5. The van der Waals surface area contributed by atoms with Crippen LogP contribution in [-0.4, -0.2) is 48.9 Å². The number of aromatic nitrogens is 1. The maximum Gasteiger partial charge on any atom is 0.193 e. The first kappa shape index (κ1) is 15.6. The summed E-state index contributed by atoms with van der Waals surface area (Å²) in [6.45, 7) is 4.32. The Balaban J connectivity index is 1.55. The van der Waals surface area contributed by atoms with Gasteiger partial charge >= 0.3 is 0 Å². The van der Waals surface area contributed by atoms with Gasteiger partial charge < -0.3 is 16.2 Å². The molecule has 1 fully saturated rings. The average molecular weight is 343 g/mol. The number of fused-ring (bicyclic) bond motifs is 1. The molecule has 4 rings (SSSR count). The molecule has 1 aromatic carbocycles. The van der Waals surface area contributed by atoms with Gasteiger partial charge in [-0.1, -0.05) is 23.5 Å². The molecule has 0 radical (unpaired) electrons. The standard InChI is InChI=1S/C17H21N5OS/c18-15-9-12(11-21-5-7-23-8-6-21)10-16(19)22(15)17-20-13-3-1-2-4-14(13)24-17/h1-4,9-10,15H,5-8,11,18-19H2. The van der Waals surface area contributed by atoms with Gasteiger partial charge in [0.2, 0.25) is 0 Å². The lowest BCUT2D eigenvalue weighted by Gasteiger charge is -2.33. The number of nitrogens with zero attached hydrogens (tertiary/aromatic N) is 3. The third-order valence-electron chi connectivity index (χ3n) is 4.29. The van der Waals surface area contributed by atoms with Crippen LogP contribution in [0.25, 0.3) is 10.2 Å². The highest BCUT2D eigenvalue weighted by Gasteiger charge is 2.24. The van der Waals surface area contributed by atoms with Gasteiger partial charge in [-0.05, 0) is 29.9 Å². The highest BCUT2D eigenvalue weighted by molar-refractivity contribution is 7.22. The predicted molar refractivity (Wildman–Crippen MR) is 97.7 cm³/mol. The summed E-state index contributed by atoms with van der Waals surface area (Å²) in [7, 11) is 0. The number of hydrogen-bond acceptors (Lipinski definition) is 7. The number of ether oxygens (including phenoxy) is 1. The van der Waals surface area contributed by atoms with Gasteiger partial charge in [0.1, 0.15) is 12.0 Å². The maximum atomic E-state index is 6.37. The monoisotopic (exact) mass is 343 g/mol. The lowest BCUT2D eigenvalue weighted by atomic mass is 10.1. The van der Waals surface area contributed by atoms with Crippen LogP contribution in [0.3, 0.4) is 0 Å². The SMILES string of the molecule is NC1=CC(CN2CCOCC2)=CC(N)N1c1nc2ccccc2s1. The zero-order valence-electron chi connectivity index (χ0n) is 13.4. The summed E-state index contributed by atoms with van der Waals surface area (Å²) >= 11 is 1.61. The van der Waals surface area contributed by atoms with Crippen molar-refractivity contribution in [2.24, 2.45) is 11.5 Å². The van der Waals surface area contributed by atoms with Crippen molar-refractivity contribution in [3.8, 4) is 0 Å². The van der Waals surface area contributed by atoms with Crippen LogP contribution in [0.5, 0.6) is 0 Å². The quantitative estimate of drug-likeness (QED) is 0.878. The first-order chi connectivity index (χ1) is 11.7. The third kappa shape index (κ3) is 3.03. The number of morpholine rings is 1. The molecule has 1 aromatic heterocycles. The Bertz CT molecular complexity index is 760. The Kier molecular flexibility index (Phi) is 4.24. The fourth-order valence-corrected chi connectivity index (χ4v) is 4.12. The van der Waals surface area contributed by atoms with E-state index in [1.165, 1.54) is 0 Å². The number of rotatable bonds is 3. The van der Waals surface area contributed by atoms with Crippen LogP contribution >= 0.6 is 11.3 Å². The van der Waals surface area contributed by atoms with E-state index in [1.54, 1.807) is 11.3 Å². The zero-order valence-corrected chi connectivity index (χ0v) is 14.2. The van der Waals surface area contributed by atoms with Gasteiger partial charge in [0.25, 0.3) is 0 Å². The first-order valence-corrected chi connectivity index (χ1v) is 8.91. The van der Waals surface area contributed by atoms with Crippen molar-refractivity contribution >= 4 is 26.7 Å². The van der Waals surface area contributed by atoms with Crippen LogP contribution in [0.2, 0.25) is 0 Å². The van der Waals surface area contributed by atoms with Crippen molar-refractivity contribution in [3.05, 3.63) is 47.8 Å². The highest BCUT2D eigenvalue weighted by Crippen LogP contribution is 2.32. The topological polar surface area (TPSA) is 80.6 Å². The van der Waals surface area contributed by atoms with E-state index in [0.29, 0.717) is 5.82 Å². The minimum Gasteiger partial charge on any atom is -0.385 e. The Morgan fingerprint density at radius 2 is 2.04 bits per heavy atom. The van der Waals surface area contributed by atoms with E-state index in [0.717, 1.165) is 53.8 Å². The van der Waals surface area contributed by atoms with Crippen molar-refractivity contribution < 1.29 is 4.74 Å². The molecule has 7 heteroatoms. The first-order valence-electron chi connectivity index (χ1n) is 8.09. The number of nitrogens with two attached hydrogens (primary N) is 2. The number of anilines is 1. The molecule has 24 heavy (non-hydrogen) atoms. The Morgan fingerprint density at radius 1 is 1.25 bits per heavy atom. The van der Waals surface area contributed by atoms with Crippen molar-refractivity contribution in [2.45, 2.75) is 6.17 Å². The molecular formula is C17H21N5OS. The predicted octanol–water partition coefficient (Wildman–Crippen LogP) is 1.46. The van der Waals surface area contributed by atoms with E-state index >= 15 is 0 Å². The third-order valence-corrected chi connectivity index (χ3v) is 5.33. The van der Waals surface area contributed by atoms with Crippen LogP contribution in [0.15, 0.2) is 47.8 Å². The summed E-state index contributed by atoms with van der Waals surface area (Å²) in [4.78, 5) is 8.92. The molecule has 2 aliphatic rings. The minimum atomic E-state index is -0.299. The fraction of sp³-hybridized carbons (Fsp3) is 0.353. The number of thiazole rings is 1. The number of para-hydroxylation sites is 1. The normalized spacial score (nSPS) is 22.5. The second kappa shape index (κ2) is 6.52. The summed E-state index contributed by atoms with van der Waals surface area (Å²) in [5.74, 6) is 0.646. The molecule has 0 amide bonds. The molecule has 0 spiro atoms. The van der Waals surface area contributed by atoms with Gasteiger partial charge in [0, 0.05) is 19.6 Å². The average Bonchev–Trinajstić information content (AvgIpc) is 2.98. The van der Waals surface area contributed by atoms with Crippen LogP contribution in [-0.2, 0) is 4.74 Å². The van der Waals surface area contributed by atoms with Gasteiger partial charge in [0.05, 0.1) is 23.4 Å². The molecule has 1 saturated heterocycles. The van der Waals surface area contributed by atoms with Gasteiger partial charge in [0.15, 0.2) is 5.13 Å². The van der Waals surface area contributed by atoms with E-state index in [-0.39, 0.29) is 6.17 Å². The summed E-state index contributed by atoms with van der Waals surface area (Å²) in [5.41, 5.74) is 14.8. The van der Waals surface area contributed by atoms with E-state index in [4.69, 9.17) is 16.2 Å². The highest BCUT2D eigenvalue weighted by atomic mass is 32.1.